The predicted octanol–water partition coefficient (Wildman–Crippen LogP) is 1.52. The van der Waals surface area contributed by atoms with Crippen molar-refractivity contribution in [2.45, 2.75) is 25.1 Å². The summed E-state index contributed by atoms with van der Waals surface area (Å²) in [4.78, 5) is 33.5. The third kappa shape index (κ3) is 5.28. The molecule has 1 N–H and O–H groups in total. The number of esters is 1. The lowest BCUT2D eigenvalue weighted by molar-refractivity contribution is -0.174. The van der Waals surface area contributed by atoms with Crippen LogP contribution in [0.1, 0.15) is 24.4 Å². The van der Waals surface area contributed by atoms with Gasteiger partial charge in [-0.3, -0.25) is 14.4 Å². The molecule has 1 amide bonds. The Morgan fingerprint density at radius 1 is 1.38 bits per heavy atom. The Balaban J connectivity index is 2.77. The second kappa shape index (κ2) is 6.91. The highest BCUT2D eigenvalue weighted by Crippen LogP contribution is 2.22. The third-order valence-corrected chi connectivity index (χ3v) is 2.51. The SMILES string of the molecule is COC(=O)CC(=O)CC(NC(=O)C(F)(F)F)c1ccoc1. The van der Waals surface area contributed by atoms with Gasteiger partial charge in [-0.05, 0) is 6.07 Å². The molecule has 1 aromatic rings. The average molecular weight is 307 g/mol. The van der Waals surface area contributed by atoms with E-state index in [1.54, 1.807) is 5.32 Å². The van der Waals surface area contributed by atoms with Crippen LogP contribution in [0.2, 0.25) is 0 Å². The van der Waals surface area contributed by atoms with Crippen molar-refractivity contribution in [3.8, 4) is 0 Å². The molecule has 0 aliphatic carbocycles. The minimum atomic E-state index is -5.08. The van der Waals surface area contributed by atoms with Crippen LogP contribution in [0.15, 0.2) is 23.0 Å². The molecule has 0 aliphatic rings. The molecule has 1 rings (SSSR count). The zero-order chi connectivity index (χ0) is 16.0. The molecule has 0 spiro atoms. The third-order valence-electron chi connectivity index (χ3n) is 2.51. The number of ketones is 1. The first-order valence-corrected chi connectivity index (χ1v) is 5.72. The van der Waals surface area contributed by atoms with Crippen LogP contribution in [0, 0.1) is 0 Å². The van der Waals surface area contributed by atoms with Gasteiger partial charge in [0, 0.05) is 12.0 Å². The Hall–Kier alpha value is -2.32. The number of Topliss-reactive ketones (excluding diaryl/α,β-unsaturated/α-hetero) is 1. The molecule has 0 aliphatic heterocycles. The first-order chi connectivity index (χ1) is 9.74. The fraction of sp³-hybridized carbons (Fsp3) is 0.417. The summed E-state index contributed by atoms with van der Waals surface area (Å²) >= 11 is 0. The van der Waals surface area contributed by atoms with E-state index in [9.17, 15) is 27.6 Å². The van der Waals surface area contributed by atoms with Crippen molar-refractivity contribution < 1.29 is 36.7 Å². The van der Waals surface area contributed by atoms with Gasteiger partial charge in [0.15, 0.2) is 0 Å². The molecule has 0 aromatic carbocycles. The van der Waals surface area contributed by atoms with Crippen LogP contribution in [-0.2, 0) is 19.1 Å². The molecule has 1 unspecified atom stereocenters. The van der Waals surface area contributed by atoms with Crippen molar-refractivity contribution in [2.75, 3.05) is 7.11 Å². The highest BCUT2D eigenvalue weighted by atomic mass is 19.4. The number of hydrogen-bond acceptors (Lipinski definition) is 5. The summed E-state index contributed by atoms with van der Waals surface area (Å²) < 4.78 is 45.8. The Labute approximate surface area is 117 Å². The smallest absolute Gasteiger partial charge is 0.471 e. The number of alkyl halides is 3. The monoisotopic (exact) mass is 307 g/mol. The maximum Gasteiger partial charge on any atom is 0.471 e. The average Bonchev–Trinajstić information content (AvgIpc) is 2.90. The fourth-order valence-electron chi connectivity index (χ4n) is 1.50. The standard InChI is InChI=1S/C12H12F3NO5/c1-20-10(18)5-8(17)4-9(7-2-3-21-6-7)16-11(19)12(13,14)15/h2-3,6,9H,4-5H2,1H3,(H,16,19). The highest BCUT2D eigenvalue weighted by Gasteiger charge is 2.40. The maximum atomic E-state index is 12.3. The van der Waals surface area contributed by atoms with Crippen molar-refractivity contribution in [2.24, 2.45) is 0 Å². The van der Waals surface area contributed by atoms with Gasteiger partial charge in [-0.25, -0.2) is 0 Å². The number of rotatable bonds is 6. The molecule has 9 heteroatoms. The van der Waals surface area contributed by atoms with Crippen LogP contribution in [-0.4, -0.2) is 30.9 Å². The highest BCUT2D eigenvalue weighted by molar-refractivity contribution is 5.96. The van der Waals surface area contributed by atoms with Gasteiger partial charge in [0.05, 0.1) is 25.7 Å². The number of amides is 1. The molecule has 6 nitrogen and oxygen atoms in total. The number of furan rings is 1. The number of hydrogen-bond donors (Lipinski definition) is 1. The molecule has 1 heterocycles. The van der Waals surface area contributed by atoms with Gasteiger partial charge >= 0.3 is 18.1 Å². The van der Waals surface area contributed by atoms with E-state index in [0.29, 0.717) is 0 Å². The predicted molar refractivity (Wildman–Crippen MR) is 61.9 cm³/mol. The van der Waals surface area contributed by atoms with E-state index < -0.39 is 42.7 Å². The number of carbonyl (C=O) groups is 3. The Morgan fingerprint density at radius 3 is 2.52 bits per heavy atom. The van der Waals surface area contributed by atoms with E-state index in [-0.39, 0.29) is 5.56 Å². The van der Waals surface area contributed by atoms with Crippen molar-refractivity contribution in [1.29, 1.82) is 0 Å². The summed E-state index contributed by atoms with van der Waals surface area (Å²) in [5.41, 5.74) is 0.186. The lowest BCUT2D eigenvalue weighted by Gasteiger charge is -2.17. The molecule has 0 fully saturated rings. The molecular formula is C12H12F3NO5. The molecule has 21 heavy (non-hydrogen) atoms. The van der Waals surface area contributed by atoms with Crippen molar-refractivity contribution in [3.63, 3.8) is 0 Å². The Morgan fingerprint density at radius 2 is 2.05 bits per heavy atom. The summed E-state index contributed by atoms with van der Waals surface area (Å²) in [6, 6.07) is 0.0715. The largest absolute Gasteiger partial charge is 0.472 e. The van der Waals surface area contributed by atoms with Crippen LogP contribution in [0.3, 0.4) is 0 Å². The van der Waals surface area contributed by atoms with Crippen molar-refractivity contribution in [1.82, 2.24) is 5.32 Å². The van der Waals surface area contributed by atoms with Gasteiger partial charge in [0.1, 0.15) is 12.2 Å². The minimum absolute atomic E-state index is 0.186. The van der Waals surface area contributed by atoms with Gasteiger partial charge in [-0.15, -0.1) is 0 Å². The van der Waals surface area contributed by atoms with Crippen LogP contribution in [0.5, 0.6) is 0 Å². The van der Waals surface area contributed by atoms with E-state index in [4.69, 9.17) is 4.42 Å². The molecule has 1 atom stereocenters. The van der Waals surface area contributed by atoms with Gasteiger partial charge in [0.25, 0.3) is 0 Å². The van der Waals surface area contributed by atoms with Crippen LogP contribution >= 0.6 is 0 Å². The Bertz CT molecular complexity index is 509. The molecule has 0 bridgehead atoms. The summed E-state index contributed by atoms with van der Waals surface area (Å²) in [5.74, 6) is -3.66. The quantitative estimate of drug-likeness (QED) is 0.636. The molecule has 116 valence electrons. The van der Waals surface area contributed by atoms with E-state index >= 15 is 0 Å². The molecule has 0 radical (unpaired) electrons. The van der Waals surface area contributed by atoms with Crippen LogP contribution < -0.4 is 5.32 Å². The van der Waals surface area contributed by atoms with E-state index in [1.807, 2.05) is 0 Å². The maximum absolute atomic E-state index is 12.3. The first-order valence-electron chi connectivity index (χ1n) is 5.72. The van der Waals surface area contributed by atoms with Gasteiger partial charge in [-0.2, -0.15) is 13.2 Å². The van der Waals surface area contributed by atoms with Gasteiger partial charge in [0.2, 0.25) is 0 Å². The summed E-state index contributed by atoms with van der Waals surface area (Å²) in [6.45, 7) is 0. The first kappa shape index (κ1) is 16.7. The van der Waals surface area contributed by atoms with E-state index in [1.165, 1.54) is 12.3 Å². The van der Waals surface area contributed by atoms with E-state index in [0.717, 1.165) is 13.4 Å². The minimum Gasteiger partial charge on any atom is -0.472 e. The molecule has 0 saturated heterocycles. The number of carbonyl (C=O) groups excluding carboxylic acids is 3. The van der Waals surface area contributed by atoms with Crippen molar-refractivity contribution in [3.05, 3.63) is 24.2 Å². The van der Waals surface area contributed by atoms with Crippen LogP contribution in [0.4, 0.5) is 13.2 Å². The Kier molecular flexibility index (Phi) is 5.51. The number of nitrogens with one attached hydrogen (secondary N) is 1. The zero-order valence-electron chi connectivity index (χ0n) is 10.9. The molecule has 0 saturated carbocycles. The topological polar surface area (TPSA) is 85.6 Å². The second-order valence-electron chi connectivity index (χ2n) is 4.08. The number of halogens is 3. The zero-order valence-corrected chi connectivity index (χ0v) is 10.9. The van der Waals surface area contributed by atoms with E-state index in [2.05, 4.69) is 4.74 Å². The lowest BCUT2D eigenvalue weighted by atomic mass is 10.0. The van der Waals surface area contributed by atoms with Gasteiger partial charge in [-0.1, -0.05) is 0 Å². The second-order valence-corrected chi connectivity index (χ2v) is 4.08. The number of methoxy groups -OCH3 is 1. The molecule has 1 aromatic heterocycles. The number of ether oxygens (including phenoxy) is 1. The van der Waals surface area contributed by atoms with Crippen molar-refractivity contribution >= 4 is 17.7 Å². The molecular weight excluding hydrogens is 295 g/mol. The summed E-state index contributed by atoms with van der Waals surface area (Å²) in [6.07, 6.45) is -3.86. The summed E-state index contributed by atoms with van der Waals surface area (Å²) in [5, 5.41) is 1.68. The van der Waals surface area contributed by atoms with Gasteiger partial charge < -0.3 is 14.5 Å². The fourth-order valence-corrected chi connectivity index (χ4v) is 1.50. The normalized spacial score (nSPS) is 12.6. The summed E-state index contributed by atoms with van der Waals surface area (Å²) in [7, 11) is 1.08. The van der Waals surface area contributed by atoms with Crippen LogP contribution in [0.25, 0.3) is 0 Å². The lowest BCUT2D eigenvalue weighted by Crippen LogP contribution is -2.39.